The molecule has 0 aliphatic carbocycles. The third-order valence-electron chi connectivity index (χ3n) is 2.89. The van der Waals surface area contributed by atoms with E-state index >= 15 is 0 Å². The van der Waals surface area contributed by atoms with Gasteiger partial charge in [-0.05, 0) is 18.8 Å². The van der Waals surface area contributed by atoms with Crippen LogP contribution in [0, 0.1) is 5.92 Å². The Morgan fingerprint density at radius 2 is 1.94 bits per heavy atom. The Morgan fingerprint density at radius 3 is 2.67 bits per heavy atom. The van der Waals surface area contributed by atoms with E-state index in [4.69, 9.17) is 18.9 Å². The summed E-state index contributed by atoms with van der Waals surface area (Å²) >= 11 is 0. The number of methoxy groups -OCH3 is 1. The molecule has 108 valence electrons. The number of hydrogen-bond acceptors (Lipinski definition) is 5. The molecule has 1 aliphatic rings. The average Bonchev–Trinajstić information content (AvgIpc) is 2.89. The molecule has 5 nitrogen and oxygen atoms in total. The van der Waals surface area contributed by atoms with Crippen LogP contribution in [0.4, 0.5) is 0 Å². The van der Waals surface area contributed by atoms with E-state index in [0.29, 0.717) is 19.1 Å². The Morgan fingerprint density at radius 1 is 1.11 bits per heavy atom. The zero-order valence-electron chi connectivity index (χ0n) is 11.5. The molecule has 1 fully saturated rings. The summed E-state index contributed by atoms with van der Waals surface area (Å²) in [6, 6.07) is 0. The third-order valence-corrected chi connectivity index (χ3v) is 2.89. The van der Waals surface area contributed by atoms with Gasteiger partial charge in [0.2, 0.25) is 0 Å². The summed E-state index contributed by atoms with van der Waals surface area (Å²) in [6.45, 7) is 7.41. The van der Waals surface area contributed by atoms with Crippen molar-refractivity contribution in [3.05, 3.63) is 0 Å². The molecule has 0 aromatic carbocycles. The van der Waals surface area contributed by atoms with Crippen molar-refractivity contribution in [3.8, 4) is 0 Å². The predicted molar refractivity (Wildman–Crippen MR) is 69.9 cm³/mol. The van der Waals surface area contributed by atoms with Crippen molar-refractivity contribution in [1.29, 1.82) is 0 Å². The first-order chi connectivity index (χ1) is 8.93. The Balaban J connectivity index is 1.68. The molecule has 0 radical (unpaired) electrons. The number of hydrogen-bond donors (Lipinski definition) is 1. The highest BCUT2D eigenvalue weighted by molar-refractivity contribution is 4.66. The van der Waals surface area contributed by atoms with E-state index in [9.17, 15) is 0 Å². The summed E-state index contributed by atoms with van der Waals surface area (Å²) in [5.41, 5.74) is 0. The average molecular weight is 261 g/mol. The Labute approximate surface area is 110 Å². The van der Waals surface area contributed by atoms with E-state index in [2.05, 4.69) is 5.32 Å². The summed E-state index contributed by atoms with van der Waals surface area (Å²) in [5, 5.41) is 3.39. The standard InChI is InChI=1S/C13H27NO4/c1-15-9-10-17-6-2-5-16-8-4-14-11-13-3-7-18-12-13/h13-14H,2-12H2,1H3. The van der Waals surface area contributed by atoms with Crippen LogP contribution < -0.4 is 5.32 Å². The van der Waals surface area contributed by atoms with Crippen LogP contribution in [0.15, 0.2) is 0 Å². The molecule has 1 rings (SSSR count). The van der Waals surface area contributed by atoms with Crippen LogP contribution in [0.1, 0.15) is 12.8 Å². The second-order valence-corrected chi connectivity index (χ2v) is 4.50. The summed E-state index contributed by atoms with van der Waals surface area (Å²) < 4.78 is 21.0. The topological polar surface area (TPSA) is 49.0 Å². The van der Waals surface area contributed by atoms with Crippen LogP contribution >= 0.6 is 0 Å². The van der Waals surface area contributed by atoms with Crippen molar-refractivity contribution in [2.24, 2.45) is 5.92 Å². The van der Waals surface area contributed by atoms with Crippen LogP contribution in [0.2, 0.25) is 0 Å². The highest BCUT2D eigenvalue weighted by Crippen LogP contribution is 2.10. The first kappa shape index (κ1) is 15.9. The molecule has 1 heterocycles. The molecule has 1 saturated heterocycles. The van der Waals surface area contributed by atoms with Gasteiger partial charge in [0.25, 0.3) is 0 Å². The number of nitrogens with one attached hydrogen (secondary N) is 1. The fraction of sp³-hybridized carbons (Fsp3) is 1.00. The van der Waals surface area contributed by atoms with Crippen LogP contribution in [-0.4, -0.2) is 66.4 Å². The van der Waals surface area contributed by atoms with Crippen LogP contribution in [0.5, 0.6) is 0 Å². The van der Waals surface area contributed by atoms with Crippen LogP contribution in [0.25, 0.3) is 0 Å². The fourth-order valence-corrected chi connectivity index (χ4v) is 1.80. The molecule has 1 N–H and O–H groups in total. The predicted octanol–water partition coefficient (Wildman–Crippen LogP) is 0.682. The van der Waals surface area contributed by atoms with Crippen molar-refractivity contribution in [2.45, 2.75) is 12.8 Å². The smallest absolute Gasteiger partial charge is 0.0700 e. The maximum absolute atomic E-state index is 5.50. The van der Waals surface area contributed by atoms with Gasteiger partial charge in [-0.25, -0.2) is 0 Å². The molecule has 0 saturated carbocycles. The van der Waals surface area contributed by atoms with Crippen molar-refractivity contribution in [1.82, 2.24) is 5.32 Å². The normalized spacial score (nSPS) is 19.5. The second-order valence-electron chi connectivity index (χ2n) is 4.50. The number of rotatable bonds is 12. The molecule has 1 aliphatic heterocycles. The van der Waals surface area contributed by atoms with E-state index in [0.717, 1.165) is 52.5 Å². The van der Waals surface area contributed by atoms with Gasteiger partial charge in [-0.15, -0.1) is 0 Å². The Kier molecular flexibility index (Phi) is 10.5. The maximum Gasteiger partial charge on any atom is 0.0700 e. The SMILES string of the molecule is COCCOCCCOCCNCC1CCOC1. The van der Waals surface area contributed by atoms with E-state index < -0.39 is 0 Å². The first-order valence-electron chi connectivity index (χ1n) is 6.86. The van der Waals surface area contributed by atoms with Gasteiger partial charge in [0.05, 0.1) is 26.4 Å². The van der Waals surface area contributed by atoms with Crippen molar-refractivity contribution in [3.63, 3.8) is 0 Å². The minimum absolute atomic E-state index is 0.662. The highest BCUT2D eigenvalue weighted by Gasteiger charge is 2.14. The minimum Gasteiger partial charge on any atom is -0.382 e. The summed E-state index contributed by atoms with van der Waals surface area (Å²) in [7, 11) is 1.68. The Bertz CT molecular complexity index is 174. The van der Waals surface area contributed by atoms with E-state index in [-0.39, 0.29) is 0 Å². The maximum atomic E-state index is 5.50. The summed E-state index contributed by atoms with van der Waals surface area (Å²) in [4.78, 5) is 0. The number of ether oxygens (including phenoxy) is 4. The van der Waals surface area contributed by atoms with Gasteiger partial charge in [0.1, 0.15) is 0 Å². The molecular formula is C13H27NO4. The van der Waals surface area contributed by atoms with Crippen LogP contribution in [0.3, 0.4) is 0 Å². The van der Waals surface area contributed by atoms with E-state index in [1.807, 2.05) is 0 Å². The lowest BCUT2D eigenvalue weighted by molar-refractivity contribution is 0.0517. The van der Waals surface area contributed by atoms with E-state index in [1.54, 1.807) is 7.11 Å². The minimum atomic E-state index is 0.662. The van der Waals surface area contributed by atoms with Crippen molar-refractivity contribution in [2.75, 3.05) is 66.4 Å². The summed E-state index contributed by atoms with van der Waals surface area (Å²) in [5.74, 6) is 0.694. The molecule has 0 spiro atoms. The van der Waals surface area contributed by atoms with Gasteiger partial charge in [-0.1, -0.05) is 0 Å². The van der Waals surface area contributed by atoms with Crippen molar-refractivity contribution >= 4 is 0 Å². The molecule has 0 aromatic heterocycles. The van der Waals surface area contributed by atoms with Gasteiger partial charge in [0.15, 0.2) is 0 Å². The van der Waals surface area contributed by atoms with Gasteiger partial charge < -0.3 is 24.3 Å². The zero-order valence-corrected chi connectivity index (χ0v) is 11.5. The monoisotopic (exact) mass is 261 g/mol. The third kappa shape index (κ3) is 8.83. The molecule has 0 bridgehead atoms. The van der Waals surface area contributed by atoms with Crippen LogP contribution in [-0.2, 0) is 18.9 Å². The molecular weight excluding hydrogens is 234 g/mol. The second kappa shape index (κ2) is 11.9. The lowest BCUT2D eigenvalue weighted by Crippen LogP contribution is -2.26. The zero-order chi connectivity index (χ0) is 12.9. The van der Waals surface area contributed by atoms with Gasteiger partial charge in [0, 0.05) is 40.0 Å². The quantitative estimate of drug-likeness (QED) is 0.524. The molecule has 1 atom stereocenters. The highest BCUT2D eigenvalue weighted by atomic mass is 16.5. The Hall–Kier alpha value is -0.200. The molecule has 0 amide bonds. The van der Waals surface area contributed by atoms with Crippen molar-refractivity contribution < 1.29 is 18.9 Å². The van der Waals surface area contributed by atoms with Gasteiger partial charge in [-0.2, -0.15) is 0 Å². The molecule has 0 aromatic rings. The molecule has 1 unspecified atom stereocenters. The largest absolute Gasteiger partial charge is 0.382 e. The lowest BCUT2D eigenvalue weighted by atomic mass is 10.1. The fourth-order valence-electron chi connectivity index (χ4n) is 1.80. The molecule has 5 heteroatoms. The van der Waals surface area contributed by atoms with E-state index in [1.165, 1.54) is 6.42 Å². The van der Waals surface area contributed by atoms with Gasteiger partial charge >= 0.3 is 0 Å². The summed E-state index contributed by atoms with van der Waals surface area (Å²) in [6.07, 6.45) is 2.13. The molecule has 18 heavy (non-hydrogen) atoms. The van der Waals surface area contributed by atoms with Gasteiger partial charge in [-0.3, -0.25) is 0 Å². The lowest BCUT2D eigenvalue weighted by Gasteiger charge is -2.09. The first-order valence-corrected chi connectivity index (χ1v) is 6.86.